The first kappa shape index (κ1) is 20.4. The van der Waals surface area contributed by atoms with Crippen molar-refractivity contribution < 1.29 is 4.79 Å². The molecule has 0 aliphatic carbocycles. The number of carbonyl (C=O) groups is 1. The number of fused-ring (bicyclic) bond motifs is 1. The van der Waals surface area contributed by atoms with Crippen LogP contribution in [0.2, 0.25) is 0 Å². The molecular weight excluding hydrogens is 392 g/mol. The molecule has 1 aliphatic heterocycles. The number of aryl methyl sites for hydroxylation is 1. The molecule has 30 heavy (non-hydrogen) atoms. The first-order valence-electron chi connectivity index (χ1n) is 10.5. The zero-order valence-electron chi connectivity index (χ0n) is 17.7. The van der Waals surface area contributed by atoms with Crippen LogP contribution in [0.15, 0.2) is 35.9 Å². The molecule has 5 nitrogen and oxygen atoms in total. The molecule has 1 unspecified atom stereocenters. The van der Waals surface area contributed by atoms with E-state index < -0.39 is 0 Å². The van der Waals surface area contributed by atoms with E-state index in [4.69, 9.17) is 4.98 Å². The molecule has 6 heteroatoms. The van der Waals surface area contributed by atoms with Crippen LogP contribution in [0.4, 0.5) is 0 Å². The van der Waals surface area contributed by atoms with Crippen molar-refractivity contribution in [3.8, 4) is 6.07 Å². The largest absolute Gasteiger partial charge is 0.349 e. The smallest absolute Gasteiger partial charge is 0.265 e. The van der Waals surface area contributed by atoms with Gasteiger partial charge in [-0.15, -0.1) is 11.3 Å². The summed E-state index contributed by atoms with van der Waals surface area (Å²) < 4.78 is 3.37. The number of nitriles is 1. The van der Waals surface area contributed by atoms with Crippen LogP contribution in [0.25, 0.3) is 16.3 Å². The second-order valence-electron chi connectivity index (χ2n) is 7.82. The predicted octanol–water partition coefficient (Wildman–Crippen LogP) is 5.40. The zero-order chi connectivity index (χ0) is 21.3. The van der Waals surface area contributed by atoms with Gasteiger partial charge < -0.3 is 9.47 Å². The maximum Gasteiger partial charge on any atom is 0.265 e. The molecule has 1 amide bonds. The number of nitrogens with zero attached hydrogens (tertiary/aromatic N) is 4. The first-order valence-corrected chi connectivity index (χ1v) is 11.3. The molecule has 1 aromatic carbocycles. The number of likely N-dealkylation sites (tertiary alicyclic amines) is 1. The summed E-state index contributed by atoms with van der Waals surface area (Å²) in [6.07, 6.45) is 4.61. The summed E-state index contributed by atoms with van der Waals surface area (Å²) in [6, 6.07) is 12.2. The highest BCUT2D eigenvalue weighted by molar-refractivity contribution is 7.18. The molecule has 3 aromatic rings. The van der Waals surface area contributed by atoms with Gasteiger partial charge in [0.25, 0.3) is 5.91 Å². The molecule has 4 rings (SSSR count). The summed E-state index contributed by atoms with van der Waals surface area (Å²) in [6.45, 7) is 7.86. The molecule has 1 saturated heterocycles. The van der Waals surface area contributed by atoms with E-state index in [2.05, 4.69) is 36.6 Å². The van der Waals surface area contributed by atoms with Crippen molar-refractivity contribution in [1.82, 2.24) is 14.5 Å². The number of hydrogen-bond acceptors (Lipinski definition) is 4. The summed E-state index contributed by atoms with van der Waals surface area (Å²) in [5, 5.41) is 10.7. The molecule has 0 bridgehead atoms. The van der Waals surface area contributed by atoms with Crippen molar-refractivity contribution in [3.63, 3.8) is 0 Å². The fourth-order valence-electron chi connectivity index (χ4n) is 4.29. The van der Waals surface area contributed by atoms with Crippen LogP contribution in [-0.2, 0) is 11.3 Å². The van der Waals surface area contributed by atoms with Crippen molar-refractivity contribution in [3.05, 3.63) is 57.9 Å². The van der Waals surface area contributed by atoms with E-state index in [9.17, 15) is 10.1 Å². The molecule has 0 N–H and O–H groups in total. The fraction of sp³-hybridized carbons (Fsp3) is 0.375. The molecule has 154 valence electrons. The van der Waals surface area contributed by atoms with Gasteiger partial charge in [-0.1, -0.05) is 19.1 Å². The van der Waals surface area contributed by atoms with Crippen molar-refractivity contribution in [2.45, 2.75) is 52.6 Å². The van der Waals surface area contributed by atoms with Crippen LogP contribution in [0.1, 0.15) is 54.2 Å². The minimum absolute atomic E-state index is 0.0563. The van der Waals surface area contributed by atoms with Crippen molar-refractivity contribution >= 4 is 33.5 Å². The monoisotopic (exact) mass is 418 g/mol. The van der Waals surface area contributed by atoms with Gasteiger partial charge in [0.2, 0.25) is 0 Å². The van der Waals surface area contributed by atoms with Crippen LogP contribution in [0, 0.1) is 25.2 Å². The van der Waals surface area contributed by atoms with Crippen molar-refractivity contribution in [1.29, 1.82) is 5.26 Å². The Labute approximate surface area is 181 Å². The van der Waals surface area contributed by atoms with Gasteiger partial charge in [0.15, 0.2) is 0 Å². The minimum atomic E-state index is -0.195. The van der Waals surface area contributed by atoms with Crippen LogP contribution >= 0.6 is 11.3 Å². The third kappa shape index (κ3) is 3.66. The quantitative estimate of drug-likeness (QED) is 0.412. The maximum absolute atomic E-state index is 13.3. The van der Waals surface area contributed by atoms with E-state index in [0.717, 1.165) is 58.0 Å². The second-order valence-corrected chi connectivity index (χ2v) is 8.89. The van der Waals surface area contributed by atoms with Crippen LogP contribution in [0.3, 0.4) is 0 Å². The Morgan fingerprint density at radius 2 is 2.17 bits per heavy atom. The number of thiazole rings is 1. The van der Waals surface area contributed by atoms with Crippen molar-refractivity contribution in [2.24, 2.45) is 0 Å². The van der Waals surface area contributed by atoms with Crippen LogP contribution in [-0.4, -0.2) is 26.9 Å². The van der Waals surface area contributed by atoms with Gasteiger partial charge in [0.05, 0.1) is 16.3 Å². The average Bonchev–Trinajstić information content (AvgIpc) is 3.45. The Morgan fingerprint density at radius 1 is 1.37 bits per heavy atom. The molecule has 1 aliphatic rings. The number of para-hydroxylation sites is 1. The van der Waals surface area contributed by atoms with Crippen molar-refractivity contribution in [2.75, 3.05) is 6.54 Å². The number of benzene rings is 1. The molecule has 3 heterocycles. The van der Waals surface area contributed by atoms with Gasteiger partial charge in [-0.05, 0) is 62.9 Å². The SMILES string of the molecule is CCCn1c(C)cc(/C=C(/C#N)C(=O)N2CCCC2c2nc3ccccc3s2)c1C. The van der Waals surface area contributed by atoms with Gasteiger partial charge in [0.1, 0.15) is 16.6 Å². The third-order valence-corrected chi connectivity index (χ3v) is 6.96. The molecule has 0 spiro atoms. The number of hydrogen-bond donors (Lipinski definition) is 0. The summed E-state index contributed by atoms with van der Waals surface area (Å²) in [5.74, 6) is -0.195. The highest BCUT2D eigenvalue weighted by Gasteiger charge is 2.33. The van der Waals surface area contributed by atoms with Gasteiger partial charge in [-0.3, -0.25) is 4.79 Å². The zero-order valence-corrected chi connectivity index (χ0v) is 18.5. The standard InChI is InChI=1S/C24H26N4OS/c1-4-11-27-16(2)13-18(17(27)3)14-19(15-25)24(29)28-12-7-9-21(28)23-26-20-8-5-6-10-22(20)30-23/h5-6,8,10,13-14,21H,4,7,9,11-12H2,1-3H3/b19-14-. The van der Waals surface area contributed by atoms with Gasteiger partial charge >= 0.3 is 0 Å². The molecule has 1 fully saturated rings. The second kappa shape index (κ2) is 8.45. The molecule has 2 aromatic heterocycles. The van der Waals surface area contributed by atoms with Crippen LogP contribution < -0.4 is 0 Å². The number of amides is 1. The van der Waals surface area contributed by atoms with E-state index in [1.54, 1.807) is 17.4 Å². The first-order chi connectivity index (χ1) is 14.5. The summed E-state index contributed by atoms with van der Waals surface area (Å²) in [7, 11) is 0. The number of rotatable bonds is 5. The predicted molar refractivity (Wildman–Crippen MR) is 121 cm³/mol. The third-order valence-electron chi connectivity index (χ3n) is 5.82. The van der Waals surface area contributed by atoms with E-state index in [-0.39, 0.29) is 17.5 Å². The Hall–Kier alpha value is -2.91. The lowest BCUT2D eigenvalue weighted by atomic mass is 10.1. The molecule has 0 saturated carbocycles. The van der Waals surface area contributed by atoms with E-state index in [1.807, 2.05) is 30.0 Å². The van der Waals surface area contributed by atoms with E-state index in [0.29, 0.717) is 6.54 Å². The normalized spacial score (nSPS) is 16.9. The van der Waals surface area contributed by atoms with E-state index >= 15 is 0 Å². The lowest BCUT2D eigenvalue weighted by molar-refractivity contribution is -0.127. The molecule has 0 radical (unpaired) electrons. The van der Waals surface area contributed by atoms with Gasteiger partial charge in [0, 0.05) is 24.5 Å². The lowest BCUT2D eigenvalue weighted by Gasteiger charge is -2.22. The van der Waals surface area contributed by atoms with Gasteiger partial charge in [-0.25, -0.2) is 4.98 Å². The Morgan fingerprint density at radius 3 is 2.90 bits per heavy atom. The lowest BCUT2D eigenvalue weighted by Crippen LogP contribution is -2.31. The Kier molecular flexibility index (Phi) is 5.74. The molecular formula is C24H26N4OS. The maximum atomic E-state index is 13.3. The highest BCUT2D eigenvalue weighted by atomic mass is 32.1. The fourth-order valence-corrected chi connectivity index (χ4v) is 5.41. The number of aromatic nitrogens is 2. The van der Waals surface area contributed by atoms with Crippen LogP contribution in [0.5, 0.6) is 0 Å². The minimum Gasteiger partial charge on any atom is -0.349 e. The Bertz CT molecular complexity index is 1130. The highest BCUT2D eigenvalue weighted by Crippen LogP contribution is 2.37. The summed E-state index contributed by atoms with van der Waals surface area (Å²) in [5.41, 5.74) is 4.36. The Balaban J connectivity index is 1.64. The van der Waals surface area contributed by atoms with Gasteiger partial charge in [-0.2, -0.15) is 5.26 Å². The number of carbonyl (C=O) groups excluding carboxylic acids is 1. The summed E-state index contributed by atoms with van der Waals surface area (Å²) >= 11 is 1.64. The average molecular weight is 419 g/mol. The molecule has 1 atom stereocenters. The topological polar surface area (TPSA) is 61.9 Å². The van der Waals surface area contributed by atoms with E-state index in [1.165, 1.54) is 0 Å². The summed E-state index contributed by atoms with van der Waals surface area (Å²) in [4.78, 5) is 19.9.